The average Bonchev–Trinajstić information content (AvgIpc) is 2.88. The van der Waals surface area contributed by atoms with E-state index in [0.717, 1.165) is 56.0 Å². The maximum absolute atomic E-state index is 12.6. The number of carbonyl (C=O) groups excluding carboxylic acids is 1. The zero-order chi connectivity index (χ0) is 18.5. The summed E-state index contributed by atoms with van der Waals surface area (Å²) in [6.45, 7) is 3.39. The van der Waals surface area contributed by atoms with E-state index in [9.17, 15) is 4.79 Å². The summed E-state index contributed by atoms with van der Waals surface area (Å²) >= 11 is 0. The molecule has 0 unspecified atom stereocenters. The van der Waals surface area contributed by atoms with E-state index in [0.29, 0.717) is 11.6 Å². The van der Waals surface area contributed by atoms with E-state index < -0.39 is 0 Å². The number of hydrogen-bond acceptors (Lipinski definition) is 6. The van der Waals surface area contributed by atoms with Gasteiger partial charge in [0.25, 0.3) is 5.91 Å². The Morgan fingerprint density at radius 1 is 1.08 bits per heavy atom. The molecule has 26 heavy (non-hydrogen) atoms. The van der Waals surface area contributed by atoms with Gasteiger partial charge in [0, 0.05) is 33.4 Å². The SMILES string of the molecule is Cc1cnc(C(=O)N2CCC[C@@H](Cc3cnc(N(C)C)cn3)CC2)cn1. The largest absolute Gasteiger partial charge is 0.361 e. The van der Waals surface area contributed by atoms with Crippen molar-refractivity contribution >= 4 is 11.7 Å². The number of aryl methyl sites for hydroxylation is 1. The fraction of sp³-hybridized carbons (Fsp3) is 0.526. The van der Waals surface area contributed by atoms with Crippen molar-refractivity contribution in [1.29, 1.82) is 0 Å². The van der Waals surface area contributed by atoms with Crippen molar-refractivity contribution in [2.75, 3.05) is 32.1 Å². The summed E-state index contributed by atoms with van der Waals surface area (Å²) in [6.07, 6.45) is 10.9. The van der Waals surface area contributed by atoms with E-state index in [1.807, 2.05) is 43.2 Å². The van der Waals surface area contributed by atoms with Gasteiger partial charge in [-0.05, 0) is 38.5 Å². The number of rotatable bonds is 4. The summed E-state index contributed by atoms with van der Waals surface area (Å²) in [6, 6.07) is 0. The molecule has 3 rings (SSSR count). The highest BCUT2D eigenvalue weighted by Gasteiger charge is 2.23. The molecule has 1 aliphatic heterocycles. The summed E-state index contributed by atoms with van der Waals surface area (Å²) in [7, 11) is 3.91. The third-order valence-corrected chi connectivity index (χ3v) is 4.78. The van der Waals surface area contributed by atoms with Gasteiger partial charge in [0.05, 0.1) is 30.0 Å². The van der Waals surface area contributed by atoms with Crippen LogP contribution in [0.25, 0.3) is 0 Å². The van der Waals surface area contributed by atoms with Gasteiger partial charge in [-0.25, -0.2) is 9.97 Å². The molecule has 0 N–H and O–H groups in total. The van der Waals surface area contributed by atoms with Crippen molar-refractivity contribution in [3.8, 4) is 0 Å². The maximum atomic E-state index is 12.6. The lowest BCUT2D eigenvalue weighted by Crippen LogP contribution is -2.32. The molecule has 7 heteroatoms. The second-order valence-electron chi connectivity index (χ2n) is 7.10. The van der Waals surface area contributed by atoms with Gasteiger partial charge in [0.15, 0.2) is 0 Å². The molecule has 1 saturated heterocycles. The van der Waals surface area contributed by atoms with E-state index >= 15 is 0 Å². The standard InChI is InChI=1S/C19H26N6O/c1-14-10-22-17(12-20-14)19(26)25-7-4-5-15(6-8-25)9-16-11-23-18(13-21-16)24(2)3/h10-13,15H,4-9H2,1-3H3/t15-/m1/s1. The lowest BCUT2D eigenvalue weighted by atomic mass is 9.95. The second-order valence-corrected chi connectivity index (χ2v) is 7.10. The Balaban J connectivity index is 1.57. The van der Waals surface area contributed by atoms with Crippen LogP contribution in [0.15, 0.2) is 24.8 Å². The number of hydrogen-bond donors (Lipinski definition) is 0. The third-order valence-electron chi connectivity index (χ3n) is 4.78. The highest BCUT2D eigenvalue weighted by molar-refractivity contribution is 5.92. The molecule has 0 aliphatic carbocycles. The molecule has 7 nitrogen and oxygen atoms in total. The molecular formula is C19H26N6O. The lowest BCUT2D eigenvalue weighted by Gasteiger charge is -2.20. The smallest absolute Gasteiger partial charge is 0.274 e. The highest BCUT2D eigenvalue weighted by Crippen LogP contribution is 2.22. The van der Waals surface area contributed by atoms with Crippen molar-refractivity contribution in [3.05, 3.63) is 41.9 Å². The van der Waals surface area contributed by atoms with Gasteiger partial charge in [-0.2, -0.15) is 0 Å². The van der Waals surface area contributed by atoms with Crippen LogP contribution in [-0.2, 0) is 6.42 Å². The molecule has 0 aromatic carbocycles. The van der Waals surface area contributed by atoms with Crippen LogP contribution in [0, 0.1) is 12.8 Å². The van der Waals surface area contributed by atoms with Gasteiger partial charge in [-0.1, -0.05) is 0 Å². The molecule has 1 aliphatic rings. The van der Waals surface area contributed by atoms with Gasteiger partial charge in [0.2, 0.25) is 0 Å². The predicted octanol–water partition coefficient (Wildman–Crippen LogP) is 2.13. The van der Waals surface area contributed by atoms with Gasteiger partial charge in [0.1, 0.15) is 11.5 Å². The van der Waals surface area contributed by atoms with Crippen molar-refractivity contribution in [2.45, 2.75) is 32.6 Å². The van der Waals surface area contributed by atoms with Gasteiger partial charge in [-0.3, -0.25) is 14.8 Å². The van der Waals surface area contributed by atoms with Crippen LogP contribution >= 0.6 is 0 Å². The molecule has 1 amide bonds. The summed E-state index contributed by atoms with van der Waals surface area (Å²) in [5.41, 5.74) is 2.27. The highest BCUT2D eigenvalue weighted by atomic mass is 16.2. The molecule has 2 aromatic rings. The van der Waals surface area contributed by atoms with E-state index in [4.69, 9.17) is 0 Å². The Hall–Kier alpha value is -2.57. The minimum Gasteiger partial charge on any atom is -0.361 e. The topological polar surface area (TPSA) is 75.1 Å². The van der Waals surface area contributed by atoms with E-state index in [1.165, 1.54) is 0 Å². The lowest BCUT2D eigenvalue weighted by molar-refractivity contribution is 0.0753. The number of amides is 1. The first-order valence-corrected chi connectivity index (χ1v) is 9.09. The molecule has 1 fully saturated rings. The van der Waals surface area contributed by atoms with Crippen molar-refractivity contribution in [3.63, 3.8) is 0 Å². The second kappa shape index (κ2) is 8.21. The summed E-state index contributed by atoms with van der Waals surface area (Å²) in [5, 5.41) is 0. The number of likely N-dealkylation sites (tertiary alicyclic amines) is 1. The van der Waals surface area contributed by atoms with E-state index in [-0.39, 0.29) is 5.91 Å². The quantitative estimate of drug-likeness (QED) is 0.837. The van der Waals surface area contributed by atoms with Crippen LogP contribution < -0.4 is 4.90 Å². The van der Waals surface area contributed by atoms with Crippen LogP contribution in [0.5, 0.6) is 0 Å². The Morgan fingerprint density at radius 2 is 1.92 bits per heavy atom. The van der Waals surface area contributed by atoms with E-state index in [2.05, 4.69) is 19.9 Å². The molecule has 0 bridgehead atoms. The zero-order valence-electron chi connectivity index (χ0n) is 15.7. The van der Waals surface area contributed by atoms with Gasteiger partial charge in [-0.15, -0.1) is 0 Å². The van der Waals surface area contributed by atoms with Crippen LogP contribution in [0.1, 0.15) is 41.1 Å². The molecule has 1 atom stereocenters. The van der Waals surface area contributed by atoms with Gasteiger partial charge < -0.3 is 9.80 Å². The molecular weight excluding hydrogens is 328 g/mol. The first-order valence-electron chi connectivity index (χ1n) is 9.09. The van der Waals surface area contributed by atoms with Crippen LogP contribution in [0.4, 0.5) is 5.82 Å². The van der Waals surface area contributed by atoms with Crippen LogP contribution in [0.2, 0.25) is 0 Å². The Labute approximate surface area is 154 Å². The van der Waals surface area contributed by atoms with Crippen LogP contribution in [0.3, 0.4) is 0 Å². The maximum Gasteiger partial charge on any atom is 0.274 e. The Bertz CT molecular complexity index is 729. The van der Waals surface area contributed by atoms with Crippen molar-refractivity contribution in [2.24, 2.45) is 5.92 Å². The molecule has 2 aromatic heterocycles. The molecule has 3 heterocycles. The number of carbonyl (C=O) groups is 1. The number of nitrogens with zero attached hydrogens (tertiary/aromatic N) is 6. The molecule has 0 saturated carbocycles. The fourth-order valence-electron chi connectivity index (χ4n) is 3.22. The van der Waals surface area contributed by atoms with Crippen molar-refractivity contribution < 1.29 is 4.79 Å². The Morgan fingerprint density at radius 3 is 2.58 bits per heavy atom. The predicted molar refractivity (Wildman–Crippen MR) is 100 cm³/mol. The summed E-state index contributed by atoms with van der Waals surface area (Å²) in [4.78, 5) is 33.8. The minimum atomic E-state index is -0.0201. The minimum absolute atomic E-state index is 0.0201. The first-order chi connectivity index (χ1) is 12.5. The summed E-state index contributed by atoms with van der Waals surface area (Å²) in [5.74, 6) is 1.37. The summed E-state index contributed by atoms with van der Waals surface area (Å²) < 4.78 is 0. The van der Waals surface area contributed by atoms with Crippen molar-refractivity contribution in [1.82, 2.24) is 24.8 Å². The average molecular weight is 354 g/mol. The first kappa shape index (κ1) is 18.2. The monoisotopic (exact) mass is 354 g/mol. The number of anilines is 1. The normalized spacial score (nSPS) is 17.7. The molecule has 0 spiro atoms. The Kier molecular flexibility index (Phi) is 5.75. The zero-order valence-corrected chi connectivity index (χ0v) is 15.7. The van der Waals surface area contributed by atoms with E-state index in [1.54, 1.807) is 12.4 Å². The third kappa shape index (κ3) is 4.53. The molecule has 138 valence electrons. The fourth-order valence-corrected chi connectivity index (χ4v) is 3.22. The van der Waals surface area contributed by atoms with Gasteiger partial charge >= 0.3 is 0 Å². The molecule has 0 radical (unpaired) electrons. The number of aromatic nitrogens is 4. The van der Waals surface area contributed by atoms with Crippen LogP contribution in [-0.4, -0.2) is 57.9 Å².